The van der Waals surface area contributed by atoms with Crippen molar-refractivity contribution in [3.63, 3.8) is 0 Å². The Hall–Kier alpha value is -2.33. The largest absolute Gasteiger partial charge is 0.380 e. The van der Waals surface area contributed by atoms with Crippen molar-refractivity contribution in [2.75, 3.05) is 17.7 Å². The number of nitrogens with one attached hydrogen (secondary N) is 2. The molecule has 4 heteroatoms. The lowest BCUT2D eigenvalue weighted by molar-refractivity contribution is 0.185. The summed E-state index contributed by atoms with van der Waals surface area (Å²) in [5, 5.41) is 5.62. The van der Waals surface area contributed by atoms with Gasteiger partial charge in [0, 0.05) is 18.5 Å². The van der Waals surface area contributed by atoms with E-state index in [2.05, 4.69) is 17.6 Å². The minimum atomic E-state index is -0.256. The summed E-state index contributed by atoms with van der Waals surface area (Å²) in [5.41, 5.74) is 3.78. The Kier molecular flexibility index (Phi) is 5.35. The number of methoxy groups -OCH3 is 1. The summed E-state index contributed by atoms with van der Waals surface area (Å²) in [6.45, 7) is 2.62. The van der Waals surface area contributed by atoms with Crippen molar-refractivity contribution in [3.8, 4) is 0 Å². The minimum absolute atomic E-state index is 0.256. The van der Waals surface area contributed by atoms with Gasteiger partial charge in [-0.25, -0.2) is 4.79 Å². The summed E-state index contributed by atoms with van der Waals surface area (Å²) < 4.78 is 5.08. The van der Waals surface area contributed by atoms with Gasteiger partial charge in [0.05, 0.1) is 6.61 Å². The van der Waals surface area contributed by atoms with E-state index in [1.54, 1.807) is 7.11 Å². The molecule has 21 heavy (non-hydrogen) atoms. The molecule has 0 spiro atoms. The Labute approximate surface area is 125 Å². The van der Waals surface area contributed by atoms with E-state index in [9.17, 15) is 4.79 Å². The molecular formula is C17H20N2O2. The molecule has 0 saturated heterocycles. The van der Waals surface area contributed by atoms with Crippen molar-refractivity contribution < 1.29 is 9.53 Å². The van der Waals surface area contributed by atoms with Crippen LogP contribution in [-0.2, 0) is 17.8 Å². The molecule has 0 aliphatic heterocycles. The molecule has 0 aromatic heterocycles. The number of aryl methyl sites for hydroxylation is 1. The third-order valence-electron chi connectivity index (χ3n) is 3.12. The Morgan fingerprint density at radius 1 is 1.00 bits per heavy atom. The normalized spacial score (nSPS) is 10.2. The first-order valence-electron chi connectivity index (χ1n) is 6.96. The second kappa shape index (κ2) is 7.45. The zero-order valence-electron chi connectivity index (χ0n) is 12.3. The number of hydrogen-bond donors (Lipinski definition) is 2. The fraction of sp³-hybridized carbons (Fsp3) is 0.235. The second-order valence-electron chi connectivity index (χ2n) is 4.76. The predicted octanol–water partition coefficient (Wildman–Crippen LogP) is 4.04. The number of amides is 2. The van der Waals surface area contributed by atoms with Crippen LogP contribution in [0.4, 0.5) is 16.2 Å². The maximum atomic E-state index is 12.0. The Balaban J connectivity index is 1.95. The average Bonchev–Trinajstić information content (AvgIpc) is 2.48. The summed E-state index contributed by atoms with van der Waals surface area (Å²) >= 11 is 0. The van der Waals surface area contributed by atoms with E-state index in [-0.39, 0.29) is 6.03 Å². The summed E-state index contributed by atoms with van der Waals surface area (Å²) in [5.74, 6) is 0. The van der Waals surface area contributed by atoms with Gasteiger partial charge in [0.2, 0.25) is 0 Å². The van der Waals surface area contributed by atoms with E-state index in [4.69, 9.17) is 4.74 Å². The van der Waals surface area contributed by atoms with Crippen LogP contribution in [0.2, 0.25) is 0 Å². The molecular weight excluding hydrogens is 264 g/mol. The van der Waals surface area contributed by atoms with Crippen LogP contribution in [-0.4, -0.2) is 13.1 Å². The first-order valence-corrected chi connectivity index (χ1v) is 6.96. The lowest BCUT2D eigenvalue weighted by Gasteiger charge is -2.09. The first kappa shape index (κ1) is 15.1. The van der Waals surface area contributed by atoms with Crippen LogP contribution >= 0.6 is 0 Å². The quantitative estimate of drug-likeness (QED) is 0.870. The third-order valence-corrected chi connectivity index (χ3v) is 3.12. The molecule has 4 nitrogen and oxygen atoms in total. The van der Waals surface area contributed by atoms with E-state index in [1.807, 2.05) is 48.5 Å². The van der Waals surface area contributed by atoms with Crippen molar-refractivity contribution in [1.29, 1.82) is 0 Å². The topological polar surface area (TPSA) is 50.4 Å². The van der Waals surface area contributed by atoms with Crippen molar-refractivity contribution in [1.82, 2.24) is 0 Å². The first-order chi connectivity index (χ1) is 10.2. The molecule has 2 aromatic rings. The molecule has 0 aliphatic rings. The maximum Gasteiger partial charge on any atom is 0.323 e. The molecule has 0 unspecified atom stereocenters. The number of urea groups is 1. The van der Waals surface area contributed by atoms with Crippen molar-refractivity contribution in [3.05, 3.63) is 59.7 Å². The highest BCUT2D eigenvalue weighted by atomic mass is 16.5. The Morgan fingerprint density at radius 2 is 1.71 bits per heavy atom. The molecule has 0 bridgehead atoms. The molecule has 110 valence electrons. The van der Waals surface area contributed by atoms with E-state index >= 15 is 0 Å². The van der Waals surface area contributed by atoms with Crippen LogP contribution in [0, 0.1) is 0 Å². The monoisotopic (exact) mass is 284 g/mol. The smallest absolute Gasteiger partial charge is 0.323 e. The number of anilines is 2. The molecule has 0 saturated carbocycles. The number of carbonyl (C=O) groups excluding carboxylic acids is 1. The van der Waals surface area contributed by atoms with Crippen molar-refractivity contribution in [2.45, 2.75) is 20.0 Å². The van der Waals surface area contributed by atoms with E-state index in [0.29, 0.717) is 6.61 Å². The summed E-state index contributed by atoms with van der Waals surface area (Å²) in [6, 6.07) is 15.1. The molecule has 2 rings (SSSR count). The van der Waals surface area contributed by atoms with Gasteiger partial charge in [-0.05, 0) is 41.8 Å². The van der Waals surface area contributed by atoms with E-state index < -0.39 is 0 Å². The predicted molar refractivity (Wildman–Crippen MR) is 85.6 cm³/mol. The molecule has 0 fully saturated rings. The summed E-state index contributed by atoms with van der Waals surface area (Å²) in [6.07, 6.45) is 0.985. The van der Waals surface area contributed by atoms with Gasteiger partial charge in [-0.3, -0.25) is 0 Å². The highest BCUT2D eigenvalue weighted by Crippen LogP contribution is 2.13. The van der Waals surface area contributed by atoms with Gasteiger partial charge in [0.25, 0.3) is 0 Å². The Morgan fingerprint density at radius 3 is 2.38 bits per heavy atom. The third kappa shape index (κ3) is 4.61. The highest BCUT2D eigenvalue weighted by Gasteiger charge is 2.03. The van der Waals surface area contributed by atoms with Crippen LogP contribution in [0.5, 0.6) is 0 Å². The van der Waals surface area contributed by atoms with Crippen LogP contribution < -0.4 is 10.6 Å². The number of hydrogen-bond acceptors (Lipinski definition) is 2. The van der Waals surface area contributed by atoms with Gasteiger partial charge < -0.3 is 15.4 Å². The average molecular weight is 284 g/mol. The molecule has 2 amide bonds. The molecule has 0 aliphatic carbocycles. The second-order valence-corrected chi connectivity index (χ2v) is 4.76. The minimum Gasteiger partial charge on any atom is -0.380 e. The van der Waals surface area contributed by atoms with E-state index in [0.717, 1.165) is 23.4 Å². The maximum absolute atomic E-state index is 12.0. The fourth-order valence-corrected chi connectivity index (χ4v) is 2.02. The van der Waals surface area contributed by atoms with Crippen molar-refractivity contribution in [2.24, 2.45) is 0 Å². The summed E-state index contributed by atoms with van der Waals surface area (Å²) in [7, 11) is 1.65. The molecule has 2 N–H and O–H groups in total. The van der Waals surface area contributed by atoms with Gasteiger partial charge in [-0.1, -0.05) is 31.2 Å². The van der Waals surface area contributed by atoms with Crippen LogP contribution in [0.15, 0.2) is 48.5 Å². The van der Waals surface area contributed by atoms with Gasteiger partial charge in [-0.15, -0.1) is 0 Å². The zero-order valence-corrected chi connectivity index (χ0v) is 12.3. The number of rotatable bonds is 5. The molecule has 0 heterocycles. The lowest BCUT2D eigenvalue weighted by atomic mass is 10.1. The fourth-order valence-electron chi connectivity index (χ4n) is 2.02. The van der Waals surface area contributed by atoms with E-state index in [1.165, 1.54) is 5.56 Å². The SMILES string of the molecule is CCc1ccc(NC(=O)Nc2cccc(COC)c2)cc1. The van der Waals surface area contributed by atoms with Gasteiger partial charge in [0.15, 0.2) is 0 Å². The van der Waals surface area contributed by atoms with Crippen LogP contribution in [0.3, 0.4) is 0 Å². The number of benzene rings is 2. The summed E-state index contributed by atoms with van der Waals surface area (Å²) in [4.78, 5) is 12.0. The number of ether oxygens (including phenoxy) is 1. The van der Waals surface area contributed by atoms with Crippen LogP contribution in [0.25, 0.3) is 0 Å². The lowest BCUT2D eigenvalue weighted by Crippen LogP contribution is -2.19. The molecule has 0 radical (unpaired) electrons. The Bertz CT molecular complexity index is 594. The van der Waals surface area contributed by atoms with Gasteiger partial charge in [-0.2, -0.15) is 0 Å². The molecule has 2 aromatic carbocycles. The standard InChI is InChI=1S/C17H20N2O2/c1-3-13-7-9-15(10-8-13)18-17(20)19-16-6-4-5-14(11-16)12-21-2/h4-11H,3,12H2,1-2H3,(H2,18,19,20). The zero-order chi connectivity index (χ0) is 15.1. The van der Waals surface area contributed by atoms with Crippen molar-refractivity contribution >= 4 is 17.4 Å². The van der Waals surface area contributed by atoms with Gasteiger partial charge in [0.1, 0.15) is 0 Å². The van der Waals surface area contributed by atoms with Crippen LogP contribution in [0.1, 0.15) is 18.1 Å². The number of carbonyl (C=O) groups is 1. The highest BCUT2D eigenvalue weighted by molar-refractivity contribution is 5.99. The van der Waals surface area contributed by atoms with Gasteiger partial charge >= 0.3 is 6.03 Å². The molecule has 0 atom stereocenters.